The number of rotatable bonds is 7. The van der Waals surface area contributed by atoms with Gasteiger partial charge in [0.15, 0.2) is 0 Å². The molecule has 39 heavy (non-hydrogen) atoms. The van der Waals surface area contributed by atoms with Crippen molar-refractivity contribution in [2.75, 3.05) is 25.6 Å². The first-order chi connectivity index (χ1) is 18.9. The number of halogens is 3. The van der Waals surface area contributed by atoms with Crippen LogP contribution >= 0.6 is 0 Å². The van der Waals surface area contributed by atoms with Crippen LogP contribution in [0, 0.1) is 0 Å². The van der Waals surface area contributed by atoms with Crippen molar-refractivity contribution in [1.82, 2.24) is 34.7 Å². The van der Waals surface area contributed by atoms with Gasteiger partial charge in [0.1, 0.15) is 23.3 Å². The van der Waals surface area contributed by atoms with E-state index in [0.717, 1.165) is 68.5 Å². The average molecular weight is 547 g/mol. The third-order valence-electron chi connectivity index (χ3n) is 7.61. The molecule has 0 bridgehead atoms. The van der Waals surface area contributed by atoms with E-state index >= 15 is 0 Å². The Labute approximate surface area is 222 Å². The van der Waals surface area contributed by atoms with Crippen LogP contribution in [-0.2, 0) is 23.9 Å². The Morgan fingerprint density at radius 1 is 1.03 bits per heavy atom. The number of methoxy groups -OCH3 is 1. The summed E-state index contributed by atoms with van der Waals surface area (Å²) in [4.78, 5) is 16.5. The first-order valence-electron chi connectivity index (χ1n) is 13.1. The smallest absolute Gasteiger partial charge is 0.423 e. The van der Waals surface area contributed by atoms with E-state index in [1.807, 2.05) is 0 Å². The molecular formula is C25H29F3N8O3. The number of fused-ring (bicyclic) bond motifs is 1. The highest BCUT2D eigenvalue weighted by molar-refractivity contribution is 5.36. The second kappa shape index (κ2) is 10.5. The Balaban J connectivity index is 1.13. The Morgan fingerprint density at radius 2 is 1.85 bits per heavy atom. The molecule has 0 spiro atoms. The summed E-state index contributed by atoms with van der Waals surface area (Å²) in [5.74, 6) is 2.00. The molecule has 3 atom stereocenters. The molecule has 14 heteroatoms. The van der Waals surface area contributed by atoms with Crippen LogP contribution in [0.5, 0.6) is 11.9 Å². The largest absolute Gasteiger partial charge is 0.469 e. The van der Waals surface area contributed by atoms with Crippen LogP contribution in [0.3, 0.4) is 0 Å². The summed E-state index contributed by atoms with van der Waals surface area (Å²) in [6, 6.07) is 0.333. The van der Waals surface area contributed by atoms with Gasteiger partial charge in [-0.1, -0.05) is 6.42 Å². The Morgan fingerprint density at radius 3 is 2.56 bits per heavy atom. The number of nitrogens with one attached hydrogen (secondary N) is 1. The quantitative estimate of drug-likeness (QED) is 0.471. The normalized spacial score (nSPS) is 23.5. The molecule has 2 aliphatic heterocycles. The van der Waals surface area contributed by atoms with Crippen molar-refractivity contribution in [2.45, 2.75) is 75.2 Å². The summed E-state index contributed by atoms with van der Waals surface area (Å²) >= 11 is 0. The van der Waals surface area contributed by atoms with Gasteiger partial charge in [-0.05, 0) is 37.2 Å². The first-order valence-corrected chi connectivity index (χ1v) is 13.1. The average Bonchev–Trinajstić information content (AvgIpc) is 3.34. The SMILES string of the molecule is COc1ncc([C@H]2CCn3c(nnc3[C@H]3CCC[C@@H](Nc4ncc(C(F)(F)F)c(OC5COC5)n4)C3)C2)cn1. The van der Waals surface area contributed by atoms with E-state index in [1.165, 1.54) is 0 Å². The van der Waals surface area contributed by atoms with Gasteiger partial charge in [-0.25, -0.2) is 15.0 Å². The molecule has 0 radical (unpaired) electrons. The Hall–Kier alpha value is -3.55. The molecule has 3 aromatic rings. The van der Waals surface area contributed by atoms with Crippen molar-refractivity contribution >= 4 is 5.95 Å². The zero-order valence-corrected chi connectivity index (χ0v) is 21.4. The molecule has 2 fully saturated rings. The summed E-state index contributed by atoms with van der Waals surface area (Å²) in [6.45, 7) is 1.29. The maximum atomic E-state index is 13.5. The summed E-state index contributed by atoms with van der Waals surface area (Å²) in [7, 11) is 1.54. The van der Waals surface area contributed by atoms with Crippen molar-refractivity contribution in [2.24, 2.45) is 0 Å². The maximum Gasteiger partial charge on any atom is 0.423 e. The minimum absolute atomic E-state index is 0.0129. The minimum atomic E-state index is -4.61. The van der Waals surface area contributed by atoms with Crippen LogP contribution < -0.4 is 14.8 Å². The number of ether oxygens (including phenoxy) is 3. The predicted octanol–water partition coefficient (Wildman–Crippen LogP) is 3.53. The van der Waals surface area contributed by atoms with Crippen LogP contribution in [0.1, 0.15) is 66.7 Å². The third-order valence-corrected chi connectivity index (χ3v) is 7.61. The van der Waals surface area contributed by atoms with Crippen molar-refractivity contribution < 1.29 is 27.4 Å². The van der Waals surface area contributed by atoms with Crippen LogP contribution in [0.15, 0.2) is 18.6 Å². The molecule has 208 valence electrons. The van der Waals surface area contributed by atoms with E-state index in [4.69, 9.17) is 14.2 Å². The molecule has 0 amide bonds. The molecule has 1 saturated carbocycles. The summed E-state index contributed by atoms with van der Waals surface area (Å²) in [5, 5.41) is 12.3. The lowest BCUT2D eigenvalue weighted by Crippen LogP contribution is -2.39. The molecule has 0 unspecified atom stereocenters. The standard InChI is InChI=1S/C25H29F3N8O3/c1-37-24-30-9-16(10-31-24)14-5-6-36-20(8-14)34-35-21(36)15-3-2-4-17(7-15)32-23-29-11-19(25(26,27)28)22(33-23)39-18-12-38-13-18/h9-11,14-15,17-18H,2-8,12-13H2,1H3,(H,29,32,33)/t14-,15-,17+/m0/s1. The molecule has 11 nitrogen and oxygen atoms in total. The molecule has 3 aromatic heterocycles. The van der Waals surface area contributed by atoms with Crippen molar-refractivity contribution in [3.8, 4) is 11.9 Å². The van der Waals surface area contributed by atoms with E-state index in [9.17, 15) is 13.2 Å². The first kappa shape index (κ1) is 25.7. The molecule has 3 aliphatic rings. The van der Waals surface area contributed by atoms with Gasteiger partial charge < -0.3 is 24.1 Å². The van der Waals surface area contributed by atoms with E-state index in [1.54, 1.807) is 19.5 Å². The lowest BCUT2D eigenvalue weighted by Gasteiger charge is -2.31. The molecule has 1 saturated heterocycles. The monoisotopic (exact) mass is 546 g/mol. The fourth-order valence-corrected chi connectivity index (χ4v) is 5.48. The lowest BCUT2D eigenvalue weighted by molar-refractivity contribution is -0.142. The summed E-state index contributed by atoms with van der Waals surface area (Å²) in [5.41, 5.74) is 0.0642. The van der Waals surface area contributed by atoms with Gasteiger partial charge in [0, 0.05) is 43.5 Å². The number of alkyl halides is 3. The summed E-state index contributed by atoms with van der Waals surface area (Å²) < 4.78 is 58.2. The third kappa shape index (κ3) is 5.47. The number of nitrogens with zero attached hydrogens (tertiary/aromatic N) is 7. The summed E-state index contributed by atoms with van der Waals surface area (Å²) in [6.07, 6.45) is 4.55. The van der Waals surface area contributed by atoms with E-state index in [-0.39, 0.29) is 37.0 Å². The van der Waals surface area contributed by atoms with Gasteiger partial charge >= 0.3 is 12.2 Å². The van der Waals surface area contributed by atoms with Crippen molar-refractivity contribution in [3.63, 3.8) is 0 Å². The van der Waals surface area contributed by atoms with Crippen LogP contribution in [0.25, 0.3) is 0 Å². The van der Waals surface area contributed by atoms with Crippen LogP contribution in [0.2, 0.25) is 0 Å². The zero-order valence-electron chi connectivity index (χ0n) is 21.4. The maximum absolute atomic E-state index is 13.5. The minimum Gasteiger partial charge on any atom is -0.469 e. The molecule has 1 N–H and O–H groups in total. The van der Waals surface area contributed by atoms with Crippen molar-refractivity contribution in [1.29, 1.82) is 0 Å². The fourth-order valence-electron chi connectivity index (χ4n) is 5.48. The predicted molar refractivity (Wildman–Crippen MR) is 131 cm³/mol. The highest BCUT2D eigenvalue weighted by atomic mass is 19.4. The highest BCUT2D eigenvalue weighted by Gasteiger charge is 2.38. The van der Waals surface area contributed by atoms with Crippen molar-refractivity contribution in [3.05, 3.63) is 41.4 Å². The molecule has 5 heterocycles. The number of aromatic nitrogens is 7. The molecule has 0 aromatic carbocycles. The van der Waals surface area contributed by atoms with E-state index in [0.29, 0.717) is 6.01 Å². The van der Waals surface area contributed by atoms with Gasteiger partial charge in [0.25, 0.3) is 0 Å². The fraction of sp³-hybridized carbons (Fsp3) is 0.600. The van der Waals surface area contributed by atoms with E-state index in [2.05, 4.69) is 40.0 Å². The van der Waals surface area contributed by atoms with E-state index < -0.39 is 23.7 Å². The molecule has 6 rings (SSSR count). The Bertz CT molecular complexity index is 1300. The number of hydrogen-bond donors (Lipinski definition) is 1. The van der Waals surface area contributed by atoms with Gasteiger partial charge in [0.05, 0.1) is 20.3 Å². The van der Waals surface area contributed by atoms with Crippen LogP contribution in [0.4, 0.5) is 19.1 Å². The topological polar surface area (TPSA) is 122 Å². The molecular weight excluding hydrogens is 517 g/mol. The lowest BCUT2D eigenvalue weighted by atomic mass is 9.84. The van der Waals surface area contributed by atoms with Crippen LogP contribution in [-0.4, -0.2) is 67.2 Å². The second-order valence-corrected chi connectivity index (χ2v) is 10.2. The number of anilines is 1. The van der Waals surface area contributed by atoms with Gasteiger partial charge in [-0.15, -0.1) is 10.2 Å². The van der Waals surface area contributed by atoms with Gasteiger partial charge in [0.2, 0.25) is 11.8 Å². The second-order valence-electron chi connectivity index (χ2n) is 10.2. The van der Waals surface area contributed by atoms with Gasteiger partial charge in [-0.3, -0.25) is 0 Å². The van der Waals surface area contributed by atoms with Gasteiger partial charge in [-0.2, -0.15) is 18.2 Å². The molecule has 1 aliphatic carbocycles. The number of hydrogen-bond acceptors (Lipinski definition) is 10. The zero-order chi connectivity index (χ0) is 27.0. The highest BCUT2D eigenvalue weighted by Crippen LogP contribution is 2.38. The Kier molecular flexibility index (Phi) is 6.95.